The molecule has 0 aliphatic heterocycles. The average molecular weight is 306 g/mol. The van der Waals surface area contributed by atoms with Crippen LogP contribution in [0.25, 0.3) is 0 Å². The molecule has 0 aliphatic carbocycles. The summed E-state index contributed by atoms with van der Waals surface area (Å²) in [6.07, 6.45) is 0. The third kappa shape index (κ3) is 4.23. The van der Waals surface area contributed by atoms with Crippen LogP contribution >= 0.6 is 15.9 Å². The van der Waals surface area contributed by atoms with Gasteiger partial charge in [0.2, 0.25) is 10.0 Å². The van der Waals surface area contributed by atoms with E-state index < -0.39 is 10.0 Å². The molecule has 0 heterocycles. The molecule has 0 aromatic heterocycles. The molecule has 0 radical (unpaired) electrons. The summed E-state index contributed by atoms with van der Waals surface area (Å²) >= 11 is 3.27. The molecule has 5 heteroatoms. The third-order valence-corrected chi connectivity index (χ3v) is 3.86. The van der Waals surface area contributed by atoms with Gasteiger partial charge in [-0.25, -0.2) is 13.1 Å². The van der Waals surface area contributed by atoms with Crippen molar-refractivity contribution >= 4 is 26.0 Å². The summed E-state index contributed by atoms with van der Waals surface area (Å²) in [6, 6.07) is 6.58. The predicted octanol–water partition coefficient (Wildman–Crippen LogP) is 2.77. The van der Waals surface area contributed by atoms with Gasteiger partial charge >= 0.3 is 0 Å². The zero-order valence-electron chi connectivity index (χ0n) is 9.62. The summed E-state index contributed by atoms with van der Waals surface area (Å²) in [5.41, 5.74) is -0.0670. The quantitative estimate of drug-likeness (QED) is 0.933. The molecule has 1 N–H and O–H groups in total. The van der Waals surface area contributed by atoms with Crippen LogP contribution in [0.3, 0.4) is 0 Å². The Kier molecular flexibility index (Phi) is 4.15. The summed E-state index contributed by atoms with van der Waals surface area (Å²) in [5.74, 6) is 0. The molecule has 0 spiro atoms. The first-order valence-electron chi connectivity index (χ1n) is 4.96. The van der Waals surface area contributed by atoms with E-state index in [0.717, 1.165) is 4.47 Å². The molecule has 0 amide bonds. The van der Waals surface area contributed by atoms with E-state index in [2.05, 4.69) is 20.7 Å². The first-order valence-corrected chi connectivity index (χ1v) is 7.24. The van der Waals surface area contributed by atoms with Crippen molar-refractivity contribution in [3.05, 3.63) is 28.7 Å². The maximum absolute atomic E-state index is 11.9. The van der Waals surface area contributed by atoms with Crippen LogP contribution in [-0.4, -0.2) is 15.0 Å². The van der Waals surface area contributed by atoms with Gasteiger partial charge in [-0.3, -0.25) is 0 Å². The normalized spacial score (nSPS) is 12.8. The van der Waals surface area contributed by atoms with Crippen LogP contribution < -0.4 is 4.72 Å². The smallest absolute Gasteiger partial charge is 0.211 e. The summed E-state index contributed by atoms with van der Waals surface area (Å²) in [6.45, 7) is 6.37. The Hall–Kier alpha value is -0.390. The molecule has 0 saturated heterocycles. The molecular formula is C11H16BrNO2S. The molecule has 16 heavy (non-hydrogen) atoms. The van der Waals surface area contributed by atoms with Crippen molar-refractivity contribution in [2.45, 2.75) is 25.7 Å². The van der Waals surface area contributed by atoms with Gasteiger partial charge in [-0.1, -0.05) is 36.7 Å². The van der Waals surface area contributed by atoms with Crippen LogP contribution in [0.4, 0.5) is 0 Å². The second-order valence-electron chi connectivity index (χ2n) is 4.84. The number of halogens is 1. The number of hydrogen-bond acceptors (Lipinski definition) is 2. The average Bonchev–Trinajstić information content (AvgIpc) is 2.15. The van der Waals surface area contributed by atoms with E-state index in [1.54, 1.807) is 24.3 Å². The molecule has 1 aromatic rings. The Morgan fingerprint density at radius 3 is 2.12 bits per heavy atom. The van der Waals surface area contributed by atoms with E-state index >= 15 is 0 Å². The fourth-order valence-corrected chi connectivity index (χ4v) is 2.56. The molecule has 90 valence electrons. The van der Waals surface area contributed by atoms with Crippen molar-refractivity contribution in [2.24, 2.45) is 5.41 Å². The highest BCUT2D eigenvalue weighted by atomic mass is 79.9. The molecule has 1 rings (SSSR count). The fourth-order valence-electron chi connectivity index (χ4n) is 1.01. The lowest BCUT2D eigenvalue weighted by Crippen LogP contribution is -2.32. The molecule has 0 fully saturated rings. The lowest BCUT2D eigenvalue weighted by Gasteiger charge is -2.18. The standard InChI is InChI=1S/C11H16BrNO2S/c1-11(2,3)8-13-16(14,15)10-6-4-9(12)5-7-10/h4-7,13H,8H2,1-3H3. The number of benzene rings is 1. The highest BCUT2D eigenvalue weighted by Gasteiger charge is 2.18. The van der Waals surface area contributed by atoms with Crippen LogP contribution in [0.1, 0.15) is 20.8 Å². The number of hydrogen-bond donors (Lipinski definition) is 1. The molecule has 3 nitrogen and oxygen atoms in total. The van der Waals surface area contributed by atoms with Crippen LogP contribution in [0.15, 0.2) is 33.6 Å². The van der Waals surface area contributed by atoms with E-state index in [9.17, 15) is 8.42 Å². The van der Waals surface area contributed by atoms with Crippen molar-refractivity contribution in [3.63, 3.8) is 0 Å². The number of sulfonamides is 1. The molecule has 1 aromatic carbocycles. The molecule has 0 saturated carbocycles. The summed E-state index contributed by atoms with van der Waals surface area (Å²) in [4.78, 5) is 0.292. The Balaban J connectivity index is 2.83. The van der Waals surface area contributed by atoms with E-state index in [0.29, 0.717) is 11.4 Å². The van der Waals surface area contributed by atoms with Gasteiger partial charge in [-0.2, -0.15) is 0 Å². The highest BCUT2D eigenvalue weighted by molar-refractivity contribution is 9.10. The summed E-state index contributed by atoms with van der Waals surface area (Å²) < 4.78 is 27.2. The second-order valence-corrected chi connectivity index (χ2v) is 7.52. The number of rotatable bonds is 3. The van der Waals surface area contributed by atoms with E-state index in [4.69, 9.17) is 0 Å². The van der Waals surface area contributed by atoms with E-state index in [-0.39, 0.29) is 5.41 Å². The Labute approximate surface area is 105 Å². The summed E-state index contributed by atoms with van der Waals surface area (Å²) in [5, 5.41) is 0. The van der Waals surface area contributed by atoms with E-state index in [1.807, 2.05) is 20.8 Å². The molecule has 0 unspecified atom stereocenters. The van der Waals surface area contributed by atoms with Crippen molar-refractivity contribution < 1.29 is 8.42 Å². The van der Waals surface area contributed by atoms with Crippen LogP contribution in [0.2, 0.25) is 0 Å². The highest BCUT2D eigenvalue weighted by Crippen LogP contribution is 2.16. The van der Waals surface area contributed by atoms with Gasteiger partial charge in [-0.15, -0.1) is 0 Å². The predicted molar refractivity (Wildman–Crippen MR) is 68.8 cm³/mol. The third-order valence-electron chi connectivity index (χ3n) is 1.92. The van der Waals surface area contributed by atoms with Crippen molar-refractivity contribution in [1.82, 2.24) is 4.72 Å². The lowest BCUT2D eigenvalue weighted by molar-refractivity contribution is 0.407. The maximum atomic E-state index is 11.9. The van der Waals surface area contributed by atoms with Crippen LogP contribution in [-0.2, 0) is 10.0 Å². The Bertz CT molecular complexity index is 446. The van der Waals surface area contributed by atoms with Crippen molar-refractivity contribution in [2.75, 3.05) is 6.54 Å². The first kappa shape index (κ1) is 13.7. The molecular weight excluding hydrogens is 290 g/mol. The summed E-state index contributed by atoms with van der Waals surface area (Å²) in [7, 11) is -3.38. The van der Waals surface area contributed by atoms with Gasteiger partial charge in [0.1, 0.15) is 0 Å². The van der Waals surface area contributed by atoms with Crippen LogP contribution in [0, 0.1) is 5.41 Å². The van der Waals surface area contributed by atoms with Gasteiger partial charge in [0.05, 0.1) is 4.90 Å². The minimum atomic E-state index is -3.38. The zero-order valence-corrected chi connectivity index (χ0v) is 12.0. The molecule has 0 bridgehead atoms. The van der Waals surface area contributed by atoms with Crippen LogP contribution in [0.5, 0.6) is 0 Å². The van der Waals surface area contributed by atoms with Gasteiger partial charge in [0, 0.05) is 11.0 Å². The fraction of sp³-hybridized carbons (Fsp3) is 0.455. The minimum Gasteiger partial charge on any atom is -0.211 e. The minimum absolute atomic E-state index is 0.0670. The van der Waals surface area contributed by atoms with Crippen molar-refractivity contribution in [1.29, 1.82) is 0 Å². The maximum Gasteiger partial charge on any atom is 0.240 e. The van der Waals surface area contributed by atoms with E-state index in [1.165, 1.54) is 0 Å². The van der Waals surface area contributed by atoms with Gasteiger partial charge in [-0.05, 0) is 29.7 Å². The largest absolute Gasteiger partial charge is 0.240 e. The first-order chi connectivity index (χ1) is 7.21. The second kappa shape index (κ2) is 4.85. The Morgan fingerprint density at radius 2 is 1.69 bits per heavy atom. The Morgan fingerprint density at radius 1 is 1.19 bits per heavy atom. The monoisotopic (exact) mass is 305 g/mol. The lowest BCUT2D eigenvalue weighted by atomic mass is 9.98. The zero-order chi connectivity index (χ0) is 12.4. The topological polar surface area (TPSA) is 46.2 Å². The molecule has 0 aliphatic rings. The van der Waals surface area contributed by atoms with Gasteiger partial charge < -0.3 is 0 Å². The van der Waals surface area contributed by atoms with Gasteiger partial charge in [0.15, 0.2) is 0 Å². The van der Waals surface area contributed by atoms with Gasteiger partial charge in [0.25, 0.3) is 0 Å². The number of nitrogens with one attached hydrogen (secondary N) is 1. The SMILES string of the molecule is CC(C)(C)CNS(=O)(=O)c1ccc(Br)cc1. The van der Waals surface area contributed by atoms with Crippen molar-refractivity contribution in [3.8, 4) is 0 Å². The molecule has 0 atom stereocenters.